The number of carbonyl (C=O) groups is 1. The van der Waals surface area contributed by atoms with Crippen LogP contribution < -0.4 is 4.74 Å². The van der Waals surface area contributed by atoms with Gasteiger partial charge in [-0.1, -0.05) is 13.0 Å². The Morgan fingerprint density at radius 1 is 1.07 bits per heavy atom. The van der Waals surface area contributed by atoms with E-state index in [9.17, 15) is 4.79 Å². The summed E-state index contributed by atoms with van der Waals surface area (Å²) >= 11 is 0. The van der Waals surface area contributed by atoms with Crippen LogP contribution in [0.5, 0.6) is 5.75 Å². The summed E-state index contributed by atoms with van der Waals surface area (Å²) in [6.45, 7) is 6.62. The maximum absolute atomic E-state index is 11.6. The molecule has 0 saturated carbocycles. The smallest absolute Gasteiger partial charge is 0.305 e. The molecule has 0 aliphatic rings. The van der Waals surface area contributed by atoms with Crippen LogP contribution in [0.15, 0.2) is 71.4 Å². The molecule has 0 aromatic heterocycles. The van der Waals surface area contributed by atoms with Gasteiger partial charge < -0.3 is 9.47 Å². The van der Waals surface area contributed by atoms with E-state index in [1.165, 1.54) is 0 Å². The first kappa shape index (κ1) is 22.8. The summed E-state index contributed by atoms with van der Waals surface area (Å²) in [5.41, 5.74) is 2.00. The topological polar surface area (TPSA) is 84.0 Å². The van der Waals surface area contributed by atoms with Gasteiger partial charge in [0.05, 0.1) is 36.2 Å². The number of nitrogens with zero attached hydrogens (tertiary/aromatic N) is 3. The molecule has 1 atom stereocenters. The van der Waals surface area contributed by atoms with Crippen molar-refractivity contribution in [1.29, 1.82) is 5.26 Å². The zero-order valence-electron chi connectivity index (χ0n) is 17.3. The van der Waals surface area contributed by atoms with Crippen LogP contribution >= 0.6 is 0 Å². The maximum Gasteiger partial charge on any atom is 0.305 e. The van der Waals surface area contributed by atoms with Crippen molar-refractivity contribution in [2.45, 2.75) is 32.6 Å². The average molecular weight is 405 g/mol. The van der Waals surface area contributed by atoms with Gasteiger partial charge in [0.1, 0.15) is 5.75 Å². The van der Waals surface area contributed by atoms with Gasteiger partial charge in [-0.05, 0) is 67.8 Å². The van der Waals surface area contributed by atoms with Gasteiger partial charge in [-0.15, -0.1) is 6.58 Å². The second-order valence-corrected chi connectivity index (χ2v) is 6.91. The molecule has 2 aromatic carbocycles. The van der Waals surface area contributed by atoms with Crippen molar-refractivity contribution >= 4 is 17.3 Å². The van der Waals surface area contributed by atoms with Crippen LogP contribution in [0.1, 0.15) is 38.2 Å². The molecule has 2 rings (SSSR count). The van der Waals surface area contributed by atoms with E-state index < -0.39 is 0 Å². The van der Waals surface area contributed by atoms with Crippen LogP contribution in [0.4, 0.5) is 11.4 Å². The van der Waals surface area contributed by atoms with E-state index in [1.54, 1.807) is 30.3 Å². The Morgan fingerprint density at radius 3 is 2.30 bits per heavy atom. The van der Waals surface area contributed by atoms with Gasteiger partial charge in [-0.2, -0.15) is 15.5 Å². The van der Waals surface area contributed by atoms with Gasteiger partial charge in [0.15, 0.2) is 0 Å². The van der Waals surface area contributed by atoms with E-state index >= 15 is 0 Å². The third-order valence-corrected chi connectivity index (χ3v) is 4.32. The van der Waals surface area contributed by atoms with Crippen molar-refractivity contribution in [2.24, 2.45) is 16.1 Å². The predicted octanol–water partition coefficient (Wildman–Crippen LogP) is 6.28. The van der Waals surface area contributed by atoms with Gasteiger partial charge in [-0.3, -0.25) is 4.79 Å². The molecule has 0 radical (unpaired) electrons. The Morgan fingerprint density at radius 2 is 1.70 bits per heavy atom. The number of benzene rings is 2. The summed E-state index contributed by atoms with van der Waals surface area (Å²) in [6.07, 6.45) is 4.77. The van der Waals surface area contributed by atoms with E-state index in [2.05, 4.69) is 22.9 Å². The first-order valence-corrected chi connectivity index (χ1v) is 10.0. The lowest BCUT2D eigenvalue weighted by Crippen LogP contribution is -2.10. The zero-order valence-corrected chi connectivity index (χ0v) is 17.3. The summed E-state index contributed by atoms with van der Waals surface area (Å²) in [6, 6.07) is 16.4. The van der Waals surface area contributed by atoms with Crippen molar-refractivity contribution in [2.75, 3.05) is 13.2 Å². The lowest BCUT2D eigenvalue weighted by atomic mass is 10.2. The highest BCUT2D eigenvalue weighted by Crippen LogP contribution is 2.21. The van der Waals surface area contributed by atoms with E-state index in [0.717, 1.165) is 30.7 Å². The molecule has 0 spiro atoms. The normalized spacial score (nSPS) is 11.6. The van der Waals surface area contributed by atoms with Crippen molar-refractivity contribution in [3.05, 3.63) is 66.7 Å². The van der Waals surface area contributed by atoms with E-state index in [0.29, 0.717) is 30.9 Å². The first-order chi connectivity index (χ1) is 14.6. The SMILES string of the molecule is C=CC(C)COC(=O)CCCCCOc1ccc(N=Nc2ccc(C#N)cc2)cc1. The Bertz CT molecular complexity index is 868. The molecule has 0 heterocycles. The zero-order chi connectivity index (χ0) is 21.6. The number of carbonyl (C=O) groups excluding carboxylic acids is 1. The molecular formula is C24H27N3O3. The van der Waals surface area contributed by atoms with Gasteiger partial charge in [0.25, 0.3) is 0 Å². The molecule has 0 bridgehead atoms. The number of nitriles is 1. The Labute approximate surface area is 177 Å². The van der Waals surface area contributed by atoms with Crippen LogP contribution in [-0.2, 0) is 9.53 Å². The molecule has 156 valence electrons. The van der Waals surface area contributed by atoms with Crippen molar-refractivity contribution in [1.82, 2.24) is 0 Å². The fourth-order valence-electron chi connectivity index (χ4n) is 2.43. The van der Waals surface area contributed by atoms with Crippen LogP contribution in [0.25, 0.3) is 0 Å². The maximum atomic E-state index is 11.6. The minimum atomic E-state index is -0.157. The highest BCUT2D eigenvalue weighted by molar-refractivity contribution is 5.69. The summed E-state index contributed by atoms with van der Waals surface area (Å²) < 4.78 is 10.9. The molecule has 0 amide bonds. The molecule has 0 fully saturated rings. The molecule has 6 heteroatoms. The Balaban J connectivity index is 1.62. The number of esters is 1. The summed E-state index contributed by atoms with van der Waals surface area (Å²) in [5, 5.41) is 17.1. The first-order valence-electron chi connectivity index (χ1n) is 10.0. The number of rotatable bonds is 12. The average Bonchev–Trinajstić information content (AvgIpc) is 2.79. The number of hydrogen-bond donors (Lipinski definition) is 0. The molecule has 0 N–H and O–H groups in total. The Kier molecular flexibility index (Phi) is 9.81. The van der Waals surface area contributed by atoms with Gasteiger partial charge >= 0.3 is 5.97 Å². The minimum Gasteiger partial charge on any atom is -0.494 e. The summed E-state index contributed by atoms with van der Waals surface area (Å²) in [4.78, 5) is 11.6. The van der Waals surface area contributed by atoms with Crippen molar-refractivity contribution in [3.63, 3.8) is 0 Å². The van der Waals surface area contributed by atoms with Crippen LogP contribution in [0.2, 0.25) is 0 Å². The van der Waals surface area contributed by atoms with Crippen molar-refractivity contribution < 1.29 is 14.3 Å². The molecule has 30 heavy (non-hydrogen) atoms. The van der Waals surface area contributed by atoms with Gasteiger partial charge in [0.2, 0.25) is 0 Å². The van der Waals surface area contributed by atoms with Gasteiger partial charge in [-0.25, -0.2) is 0 Å². The number of unbranched alkanes of at least 4 members (excludes halogenated alkanes) is 2. The molecule has 0 aliphatic carbocycles. The molecule has 0 saturated heterocycles. The minimum absolute atomic E-state index is 0.157. The third kappa shape index (κ3) is 8.70. The van der Waals surface area contributed by atoms with Gasteiger partial charge in [0, 0.05) is 12.3 Å². The fraction of sp³-hybridized carbons (Fsp3) is 0.333. The highest BCUT2D eigenvalue weighted by atomic mass is 16.5. The molecule has 2 aromatic rings. The third-order valence-electron chi connectivity index (χ3n) is 4.32. The van der Waals surface area contributed by atoms with Crippen LogP contribution in [0, 0.1) is 17.2 Å². The standard InChI is InChI=1S/C24H27N3O3/c1-3-19(2)18-30-24(28)7-5-4-6-16-29-23-14-12-22(13-15-23)27-26-21-10-8-20(17-25)9-11-21/h3,8-15,19H,1,4-7,16,18H2,2H3. The van der Waals surface area contributed by atoms with E-state index in [4.69, 9.17) is 14.7 Å². The summed E-state index contributed by atoms with van der Waals surface area (Å²) in [7, 11) is 0. The second-order valence-electron chi connectivity index (χ2n) is 6.91. The highest BCUT2D eigenvalue weighted by Gasteiger charge is 2.05. The van der Waals surface area contributed by atoms with Crippen LogP contribution in [-0.4, -0.2) is 19.2 Å². The number of hydrogen-bond acceptors (Lipinski definition) is 6. The van der Waals surface area contributed by atoms with Crippen molar-refractivity contribution in [3.8, 4) is 11.8 Å². The van der Waals surface area contributed by atoms with E-state index in [-0.39, 0.29) is 11.9 Å². The monoisotopic (exact) mass is 405 g/mol. The molecular weight excluding hydrogens is 378 g/mol. The summed E-state index contributed by atoms with van der Waals surface area (Å²) in [5.74, 6) is 0.798. The second kappa shape index (κ2) is 12.9. The fourth-order valence-corrected chi connectivity index (χ4v) is 2.43. The predicted molar refractivity (Wildman–Crippen MR) is 116 cm³/mol. The quantitative estimate of drug-likeness (QED) is 0.180. The Hall–Kier alpha value is -3.46. The lowest BCUT2D eigenvalue weighted by molar-refractivity contribution is -0.144. The van der Waals surface area contributed by atoms with Crippen LogP contribution in [0.3, 0.4) is 0 Å². The molecule has 6 nitrogen and oxygen atoms in total. The molecule has 1 unspecified atom stereocenters. The number of azo groups is 1. The van der Waals surface area contributed by atoms with E-state index in [1.807, 2.05) is 31.2 Å². The number of ether oxygens (including phenoxy) is 2. The molecule has 0 aliphatic heterocycles. The largest absolute Gasteiger partial charge is 0.494 e. The lowest BCUT2D eigenvalue weighted by Gasteiger charge is -2.08.